The van der Waals surface area contributed by atoms with Gasteiger partial charge in [-0.2, -0.15) is 0 Å². The molecule has 2 N–H and O–H groups in total. The first kappa shape index (κ1) is 17.5. The van der Waals surface area contributed by atoms with E-state index in [-0.39, 0.29) is 18.0 Å². The zero-order valence-corrected chi connectivity index (χ0v) is 14.0. The quantitative estimate of drug-likeness (QED) is 0.812. The Labute approximate surface area is 128 Å². The van der Waals surface area contributed by atoms with E-state index in [1.165, 1.54) is 5.56 Å². The maximum atomic E-state index is 12.0. The van der Waals surface area contributed by atoms with Crippen molar-refractivity contribution < 1.29 is 9.53 Å². The van der Waals surface area contributed by atoms with E-state index in [0.29, 0.717) is 5.92 Å². The number of rotatable bonds is 7. The zero-order chi connectivity index (χ0) is 16.0. The Morgan fingerprint density at radius 2 is 1.95 bits per heavy atom. The molecule has 0 spiro atoms. The average molecular weight is 292 g/mol. The van der Waals surface area contributed by atoms with E-state index in [9.17, 15) is 4.79 Å². The monoisotopic (exact) mass is 292 g/mol. The normalized spacial score (nSPS) is 13.9. The minimum atomic E-state index is -0.199. The molecule has 1 aromatic carbocycles. The highest BCUT2D eigenvalue weighted by atomic mass is 16.5. The van der Waals surface area contributed by atoms with E-state index in [0.717, 1.165) is 17.7 Å². The molecule has 1 amide bonds. The highest BCUT2D eigenvalue weighted by Gasteiger charge is 2.22. The Morgan fingerprint density at radius 1 is 1.29 bits per heavy atom. The van der Waals surface area contributed by atoms with Crippen molar-refractivity contribution in [2.45, 2.75) is 46.2 Å². The lowest BCUT2D eigenvalue weighted by Crippen LogP contribution is -2.44. The third-order valence-electron chi connectivity index (χ3n) is 3.57. The minimum Gasteiger partial charge on any atom is -0.496 e. The lowest BCUT2D eigenvalue weighted by molar-refractivity contribution is -0.123. The second kappa shape index (κ2) is 8.03. The number of hydrogen-bond donors (Lipinski definition) is 2. The van der Waals surface area contributed by atoms with Gasteiger partial charge in [-0.1, -0.05) is 31.5 Å². The summed E-state index contributed by atoms with van der Waals surface area (Å²) in [5, 5.41) is 6.16. The van der Waals surface area contributed by atoms with E-state index in [1.807, 2.05) is 12.1 Å². The maximum absolute atomic E-state index is 12.0. The van der Waals surface area contributed by atoms with E-state index < -0.39 is 0 Å². The zero-order valence-electron chi connectivity index (χ0n) is 14.0. The van der Waals surface area contributed by atoms with Crippen molar-refractivity contribution in [1.29, 1.82) is 0 Å². The molecule has 0 bridgehead atoms. The number of nitrogens with one attached hydrogen (secondary N) is 2. The molecule has 0 aliphatic rings. The second-order valence-electron chi connectivity index (χ2n) is 5.93. The molecule has 21 heavy (non-hydrogen) atoms. The first-order valence-electron chi connectivity index (χ1n) is 7.51. The van der Waals surface area contributed by atoms with Crippen LogP contribution in [0.1, 0.15) is 44.4 Å². The van der Waals surface area contributed by atoms with Crippen molar-refractivity contribution in [3.63, 3.8) is 0 Å². The molecule has 0 saturated heterocycles. The Bertz CT molecular complexity index is 472. The molecule has 118 valence electrons. The van der Waals surface area contributed by atoms with Crippen LogP contribution in [0.4, 0.5) is 0 Å². The summed E-state index contributed by atoms with van der Waals surface area (Å²) in [5.41, 5.74) is 2.26. The lowest BCUT2D eigenvalue weighted by atomic mass is 9.99. The third-order valence-corrected chi connectivity index (χ3v) is 3.57. The molecular formula is C17H28N2O2. The fourth-order valence-corrected chi connectivity index (χ4v) is 2.48. The van der Waals surface area contributed by atoms with Gasteiger partial charge in [0.05, 0.1) is 13.2 Å². The summed E-state index contributed by atoms with van der Waals surface area (Å²) < 4.78 is 5.43. The number of carbonyl (C=O) groups is 1. The average Bonchev–Trinajstić information content (AvgIpc) is 2.45. The molecule has 4 heteroatoms. The van der Waals surface area contributed by atoms with Crippen LogP contribution in [-0.4, -0.2) is 26.1 Å². The molecule has 0 radical (unpaired) electrons. The van der Waals surface area contributed by atoms with Gasteiger partial charge in [-0.3, -0.25) is 10.1 Å². The van der Waals surface area contributed by atoms with Gasteiger partial charge < -0.3 is 10.1 Å². The van der Waals surface area contributed by atoms with Gasteiger partial charge in [0, 0.05) is 18.7 Å². The molecule has 4 nitrogen and oxygen atoms in total. The summed E-state index contributed by atoms with van der Waals surface area (Å²) in [6, 6.07) is 5.95. The van der Waals surface area contributed by atoms with E-state index in [2.05, 4.69) is 44.4 Å². The number of aryl methyl sites for hydroxylation is 1. The molecule has 0 aliphatic heterocycles. The van der Waals surface area contributed by atoms with Crippen LogP contribution >= 0.6 is 0 Å². The standard InChI is InChI=1S/C17H28N2O2/c1-11(2)9-15(17(20)18-5)19-13(4)14-10-12(3)7-8-16(14)21-6/h7-8,10-11,13,15,19H,9H2,1-6H3,(H,18,20). The molecule has 2 atom stereocenters. The summed E-state index contributed by atoms with van der Waals surface area (Å²) in [4.78, 5) is 12.0. The fourth-order valence-electron chi connectivity index (χ4n) is 2.48. The Morgan fingerprint density at radius 3 is 2.48 bits per heavy atom. The number of hydrogen-bond acceptors (Lipinski definition) is 3. The molecule has 0 aliphatic carbocycles. The smallest absolute Gasteiger partial charge is 0.236 e. The largest absolute Gasteiger partial charge is 0.496 e. The summed E-state index contributed by atoms with van der Waals surface area (Å²) in [6.07, 6.45) is 0.804. The van der Waals surface area contributed by atoms with Crippen LogP contribution in [0.3, 0.4) is 0 Å². The fraction of sp³-hybridized carbons (Fsp3) is 0.588. The van der Waals surface area contributed by atoms with Gasteiger partial charge in [-0.15, -0.1) is 0 Å². The summed E-state index contributed by atoms with van der Waals surface area (Å²) in [5.74, 6) is 1.33. The van der Waals surface area contributed by atoms with Crippen LogP contribution in [0.2, 0.25) is 0 Å². The molecule has 0 saturated carbocycles. The van der Waals surface area contributed by atoms with Gasteiger partial charge in [0.15, 0.2) is 0 Å². The van der Waals surface area contributed by atoms with Crippen molar-refractivity contribution in [2.75, 3.05) is 14.2 Å². The topological polar surface area (TPSA) is 50.4 Å². The SMILES string of the molecule is CNC(=O)C(CC(C)C)NC(C)c1cc(C)ccc1OC. The Hall–Kier alpha value is -1.55. The number of likely N-dealkylation sites (N-methyl/N-ethyl adjacent to an activating group) is 1. The predicted octanol–water partition coefficient (Wildman–Crippen LogP) is 2.81. The lowest BCUT2D eigenvalue weighted by Gasteiger charge is -2.25. The highest BCUT2D eigenvalue weighted by Crippen LogP contribution is 2.26. The van der Waals surface area contributed by atoms with Crippen LogP contribution < -0.4 is 15.4 Å². The van der Waals surface area contributed by atoms with Crippen LogP contribution in [0.5, 0.6) is 5.75 Å². The molecule has 0 aromatic heterocycles. The number of benzene rings is 1. The number of ether oxygens (including phenoxy) is 1. The highest BCUT2D eigenvalue weighted by molar-refractivity contribution is 5.81. The van der Waals surface area contributed by atoms with E-state index in [1.54, 1.807) is 14.2 Å². The molecule has 1 aromatic rings. The second-order valence-corrected chi connectivity index (χ2v) is 5.93. The molecule has 2 unspecified atom stereocenters. The Kier molecular flexibility index (Phi) is 6.69. The van der Waals surface area contributed by atoms with Crippen LogP contribution in [-0.2, 0) is 4.79 Å². The number of methoxy groups -OCH3 is 1. The maximum Gasteiger partial charge on any atom is 0.236 e. The number of amides is 1. The van der Waals surface area contributed by atoms with Crippen LogP contribution in [0, 0.1) is 12.8 Å². The van der Waals surface area contributed by atoms with Crippen molar-refractivity contribution in [3.8, 4) is 5.75 Å². The van der Waals surface area contributed by atoms with Gasteiger partial charge in [-0.25, -0.2) is 0 Å². The van der Waals surface area contributed by atoms with Crippen molar-refractivity contribution >= 4 is 5.91 Å². The van der Waals surface area contributed by atoms with Gasteiger partial charge in [0.2, 0.25) is 5.91 Å². The molecule has 0 heterocycles. The van der Waals surface area contributed by atoms with Crippen molar-refractivity contribution in [2.24, 2.45) is 5.92 Å². The van der Waals surface area contributed by atoms with Gasteiger partial charge >= 0.3 is 0 Å². The van der Waals surface area contributed by atoms with Crippen LogP contribution in [0.25, 0.3) is 0 Å². The summed E-state index contributed by atoms with van der Waals surface area (Å²) in [7, 11) is 3.35. The molecule has 1 rings (SSSR count). The summed E-state index contributed by atoms with van der Waals surface area (Å²) >= 11 is 0. The number of carbonyl (C=O) groups excluding carboxylic acids is 1. The molecule has 0 fully saturated rings. The van der Waals surface area contributed by atoms with Crippen molar-refractivity contribution in [3.05, 3.63) is 29.3 Å². The third kappa shape index (κ3) is 5.05. The van der Waals surface area contributed by atoms with Crippen LogP contribution in [0.15, 0.2) is 18.2 Å². The summed E-state index contributed by atoms with van der Waals surface area (Å²) in [6.45, 7) is 8.36. The van der Waals surface area contributed by atoms with Gasteiger partial charge in [0.1, 0.15) is 5.75 Å². The first-order valence-corrected chi connectivity index (χ1v) is 7.51. The van der Waals surface area contributed by atoms with E-state index in [4.69, 9.17) is 4.74 Å². The molecular weight excluding hydrogens is 264 g/mol. The first-order chi connectivity index (χ1) is 9.88. The van der Waals surface area contributed by atoms with Gasteiger partial charge in [0.25, 0.3) is 0 Å². The predicted molar refractivity (Wildman–Crippen MR) is 86.6 cm³/mol. The van der Waals surface area contributed by atoms with E-state index >= 15 is 0 Å². The Balaban J connectivity index is 2.93. The van der Waals surface area contributed by atoms with Gasteiger partial charge in [-0.05, 0) is 32.3 Å². The minimum absolute atomic E-state index is 0.0298. The van der Waals surface area contributed by atoms with Crippen molar-refractivity contribution in [1.82, 2.24) is 10.6 Å².